The Hall–Kier alpha value is -1.03. The number of rotatable bonds is 3. The molecule has 1 rings (SSSR count). The molecule has 0 bridgehead atoms. The van der Waals surface area contributed by atoms with Crippen molar-refractivity contribution in [3.63, 3.8) is 0 Å². The number of hydrogen-bond acceptors (Lipinski definition) is 2. The van der Waals surface area contributed by atoms with Crippen LogP contribution in [0, 0.1) is 5.92 Å². The van der Waals surface area contributed by atoms with E-state index in [-0.39, 0.29) is 10.7 Å². The fourth-order valence-corrected chi connectivity index (χ4v) is 1.91. The summed E-state index contributed by atoms with van der Waals surface area (Å²) >= 11 is 6.11. The van der Waals surface area contributed by atoms with Crippen LogP contribution in [0.5, 0.6) is 0 Å². The summed E-state index contributed by atoms with van der Waals surface area (Å²) in [5, 5.41) is 13.8. The Labute approximate surface area is 107 Å². The van der Waals surface area contributed by atoms with Crippen LogP contribution in [0.2, 0.25) is 5.02 Å². The first-order chi connectivity index (χ1) is 7.64. The highest BCUT2D eigenvalue weighted by molar-refractivity contribution is 6.33. The molecule has 0 spiro atoms. The van der Waals surface area contributed by atoms with E-state index in [4.69, 9.17) is 11.6 Å². The lowest BCUT2D eigenvalue weighted by Gasteiger charge is -2.20. The number of carbonyl (C=O) groups is 1. The van der Waals surface area contributed by atoms with Gasteiger partial charge in [-0.25, -0.2) is 4.79 Å². The molecular formula is C12H19ClN2O2. The molecule has 5 heteroatoms. The molecule has 0 atom stereocenters. The minimum absolute atomic E-state index is 0.0785. The van der Waals surface area contributed by atoms with Crippen LogP contribution in [0.1, 0.15) is 50.8 Å². The number of carboxylic acid groups (broad SMARTS) is 1. The first kappa shape index (κ1) is 14.0. The fraction of sp³-hybridized carbons (Fsp3) is 0.667. The first-order valence-electron chi connectivity index (χ1n) is 5.65. The quantitative estimate of drug-likeness (QED) is 0.906. The summed E-state index contributed by atoms with van der Waals surface area (Å²) in [6.45, 7) is 9.81. The van der Waals surface area contributed by atoms with E-state index >= 15 is 0 Å². The Morgan fingerprint density at radius 2 is 2.00 bits per heavy atom. The summed E-state index contributed by atoms with van der Waals surface area (Å²) in [5.41, 5.74) is 0.343. The SMILES string of the molecule is CC(C)Cc1nn(C(C)(C)C)c(C(=O)O)c1Cl. The van der Waals surface area contributed by atoms with Gasteiger partial charge in [-0.05, 0) is 33.1 Å². The average Bonchev–Trinajstić information content (AvgIpc) is 2.42. The highest BCUT2D eigenvalue weighted by Gasteiger charge is 2.28. The van der Waals surface area contributed by atoms with E-state index in [1.807, 2.05) is 34.6 Å². The van der Waals surface area contributed by atoms with Gasteiger partial charge in [-0.2, -0.15) is 5.10 Å². The third-order valence-corrected chi connectivity index (χ3v) is 2.73. The van der Waals surface area contributed by atoms with Gasteiger partial charge in [-0.15, -0.1) is 0 Å². The van der Waals surface area contributed by atoms with Gasteiger partial charge in [-0.1, -0.05) is 25.4 Å². The molecule has 0 amide bonds. The number of carboxylic acids is 1. The smallest absolute Gasteiger partial charge is 0.355 e. The van der Waals surface area contributed by atoms with Crippen molar-refractivity contribution in [2.45, 2.75) is 46.6 Å². The second-order valence-corrected chi connectivity index (χ2v) is 5.97. The first-order valence-corrected chi connectivity index (χ1v) is 6.03. The summed E-state index contributed by atoms with van der Waals surface area (Å²) in [5.74, 6) is -0.648. The molecule has 0 aromatic carbocycles. The van der Waals surface area contributed by atoms with Crippen LogP contribution in [-0.2, 0) is 12.0 Å². The molecule has 0 saturated heterocycles. The molecular weight excluding hydrogens is 240 g/mol. The Balaban J connectivity index is 3.35. The highest BCUT2D eigenvalue weighted by atomic mass is 35.5. The van der Waals surface area contributed by atoms with Gasteiger partial charge in [0, 0.05) is 0 Å². The van der Waals surface area contributed by atoms with Crippen molar-refractivity contribution in [3.05, 3.63) is 16.4 Å². The minimum Gasteiger partial charge on any atom is -0.476 e. The molecule has 0 radical (unpaired) electrons. The van der Waals surface area contributed by atoms with Crippen LogP contribution in [0.3, 0.4) is 0 Å². The van der Waals surface area contributed by atoms with Crippen molar-refractivity contribution in [2.75, 3.05) is 0 Å². The molecule has 0 unspecified atom stereocenters. The van der Waals surface area contributed by atoms with Gasteiger partial charge in [0.05, 0.1) is 16.3 Å². The van der Waals surface area contributed by atoms with Crippen LogP contribution in [-0.4, -0.2) is 20.9 Å². The van der Waals surface area contributed by atoms with E-state index in [0.717, 1.165) is 0 Å². The Bertz CT molecular complexity index is 430. The molecule has 1 heterocycles. The topological polar surface area (TPSA) is 55.1 Å². The van der Waals surface area contributed by atoms with Crippen molar-refractivity contribution in [2.24, 2.45) is 5.92 Å². The summed E-state index contributed by atoms with van der Waals surface area (Å²) in [4.78, 5) is 11.2. The normalized spacial score (nSPS) is 12.2. The second kappa shape index (κ2) is 4.69. The lowest BCUT2D eigenvalue weighted by atomic mass is 10.1. The number of hydrogen-bond donors (Lipinski definition) is 1. The Kier molecular flexibility index (Phi) is 3.87. The number of halogens is 1. The maximum atomic E-state index is 11.2. The van der Waals surface area contributed by atoms with Gasteiger partial charge >= 0.3 is 5.97 Å². The van der Waals surface area contributed by atoms with Crippen molar-refractivity contribution in [3.8, 4) is 0 Å². The van der Waals surface area contributed by atoms with Crippen LogP contribution < -0.4 is 0 Å². The van der Waals surface area contributed by atoms with E-state index in [0.29, 0.717) is 18.0 Å². The zero-order valence-electron chi connectivity index (χ0n) is 10.9. The van der Waals surface area contributed by atoms with E-state index in [1.54, 1.807) is 0 Å². The molecule has 0 saturated carbocycles. The van der Waals surface area contributed by atoms with Gasteiger partial charge in [0.2, 0.25) is 0 Å². The molecule has 1 aromatic heterocycles. The monoisotopic (exact) mass is 258 g/mol. The van der Waals surface area contributed by atoms with Crippen LogP contribution in [0.4, 0.5) is 0 Å². The molecule has 0 aliphatic carbocycles. The third kappa shape index (κ3) is 3.00. The van der Waals surface area contributed by atoms with Crippen molar-refractivity contribution in [1.82, 2.24) is 9.78 Å². The predicted molar refractivity (Wildman–Crippen MR) is 67.7 cm³/mol. The van der Waals surface area contributed by atoms with E-state index in [1.165, 1.54) is 4.68 Å². The predicted octanol–water partition coefficient (Wildman–Crippen LogP) is 3.19. The molecule has 17 heavy (non-hydrogen) atoms. The third-order valence-electron chi connectivity index (χ3n) is 2.33. The number of aromatic carboxylic acids is 1. The minimum atomic E-state index is -1.03. The van der Waals surface area contributed by atoms with E-state index in [2.05, 4.69) is 5.10 Å². The molecule has 4 nitrogen and oxygen atoms in total. The Morgan fingerprint density at radius 1 is 1.47 bits per heavy atom. The molecule has 0 fully saturated rings. The Morgan fingerprint density at radius 3 is 2.29 bits per heavy atom. The van der Waals surface area contributed by atoms with Crippen molar-refractivity contribution >= 4 is 17.6 Å². The summed E-state index contributed by atoms with van der Waals surface area (Å²) < 4.78 is 1.50. The highest BCUT2D eigenvalue weighted by Crippen LogP contribution is 2.27. The molecule has 0 aliphatic rings. The summed E-state index contributed by atoms with van der Waals surface area (Å²) in [7, 11) is 0. The van der Waals surface area contributed by atoms with E-state index in [9.17, 15) is 9.90 Å². The number of aromatic nitrogens is 2. The zero-order chi connectivity index (χ0) is 13.4. The lowest BCUT2D eigenvalue weighted by Crippen LogP contribution is -2.27. The fourth-order valence-electron chi connectivity index (χ4n) is 1.63. The van der Waals surface area contributed by atoms with Gasteiger partial charge in [-0.3, -0.25) is 4.68 Å². The van der Waals surface area contributed by atoms with Crippen LogP contribution >= 0.6 is 11.6 Å². The molecule has 1 aromatic rings. The molecule has 96 valence electrons. The van der Waals surface area contributed by atoms with Gasteiger partial charge in [0.1, 0.15) is 0 Å². The standard InChI is InChI=1S/C12H19ClN2O2/c1-7(2)6-8-9(13)10(11(16)17)15(14-8)12(3,4)5/h7H,6H2,1-5H3,(H,16,17). The van der Waals surface area contributed by atoms with Crippen LogP contribution in [0.15, 0.2) is 0 Å². The largest absolute Gasteiger partial charge is 0.476 e. The van der Waals surface area contributed by atoms with Gasteiger partial charge in [0.15, 0.2) is 5.69 Å². The summed E-state index contributed by atoms with van der Waals surface area (Å²) in [6, 6.07) is 0. The molecule has 0 aliphatic heterocycles. The average molecular weight is 259 g/mol. The number of nitrogens with zero attached hydrogens (tertiary/aromatic N) is 2. The lowest BCUT2D eigenvalue weighted by molar-refractivity contribution is 0.0675. The van der Waals surface area contributed by atoms with Gasteiger partial charge in [0.25, 0.3) is 0 Å². The van der Waals surface area contributed by atoms with Gasteiger partial charge < -0.3 is 5.11 Å². The zero-order valence-corrected chi connectivity index (χ0v) is 11.7. The van der Waals surface area contributed by atoms with Crippen molar-refractivity contribution in [1.29, 1.82) is 0 Å². The maximum absolute atomic E-state index is 11.2. The maximum Gasteiger partial charge on any atom is 0.355 e. The summed E-state index contributed by atoms with van der Waals surface area (Å²) in [6.07, 6.45) is 0.683. The van der Waals surface area contributed by atoms with Crippen molar-refractivity contribution < 1.29 is 9.90 Å². The molecule has 1 N–H and O–H groups in total. The second-order valence-electron chi connectivity index (χ2n) is 5.60. The van der Waals surface area contributed by atoms with E-state index < -0.39 is 11.5 Å². The van der Waals surface area contributed by atoms with Crippen LogP contribution in [0.25, 0.3) is 0 Å².